The Morgan fingerprint density at radius 3 is 2.67 bits per heavy atom. The van der Waals surface area contributed by atoms with E-state index in [9.17, 15) is 0 Å². The van der Waals surface area contributed by atoms with Gasteiger partial charge in [-0.1, -0.05) is 24.3 Å². The van der Waals surface area contributed by atoms with Gasteiger partial charge in [0.2, 0.25) is 0 Å². The molecule has 2 aliphatic rings. The number of methoxy groups -OCH3 is 1. The molecular weight excluding hydrogens is 302 g/mol. The van der Waals surface area contributed by atoms with Crippen LogP contribution in [0, 0.1) is 5.92 Å². The Morgan fingerprint density at radius 2 is 1.88 bits per heavy atom. The van der Waals surface area contributed by atoms with Crippen LogP contribution in [0.15, 0.2) is 42.5 Å². The van der Waals surface area contributed by atoms with Gasteiger partial charge in [0.15, 0.2) is 11.5 Å². The van der Waals surface area contributed by atoms with E-state index in [-0.39, 0.29) is 0 Å². The van der Waals surface area contributed by atoms with E-state index in [1.807, 2.05) is 18.2 Å². The standard InChI is InChI=1S/C20H23NO3/c1-22-17-5-3-2-4-16(17)13-21-20(14-6-7-14)15-8-9-18-19(12-15)24-11-10-23-18/h2-5,8-9,12,14,20-21H,6-7,10-11,13H2,1H3. The molecule has 1 saturated carbocycles. The molecule has 2 aromatic rings. The average Bonchev–Trinajstić information content (AvgIpc) is 3.47. The zero-order valence-corrected chi connectivity index (χ0v) is 14.0. The lowest BCUT2D eigenvalue weighted by Crippen LogP contribution is -2.23. The molecule has 4 rings (SSSR count). The summed E-state index contributed by atoms with van der Waals surface area (Å²) < 4.78 is 16.8. The van der Waals surface area contributed by atoms with Gasteiger partial charge in [0, 0.05) is 18.2 Å². The molecule has 1 N–H and O–H groups in total. The molecule has 4 heteroatoms. The predicted molar refractivity (Wildman–Crippen MR) is 92.7 cm³/mol. The average molecular weight is 325 g/mol. The van der Waals surface area contributed by atoms with Crippen LogP contribution in [0.1, 0.15) is 30.0 Å². The van der Waals surface area contributed by atoms with Crippen molar-refractivity contribution in [2.75, 3.05) is 20.3 Å². The van der Waals surface area contributed by atoms with Gasteiger partial charge >= 0.3 is 0 Å². The van der Waals surface area contributed by atoms with Gasteiger partial charge in [0.1, 0.15) is 19.0 Å². The summed E-state index contributed by atoms with van der Waals surface area (Å²) in [5, 5.41) is 3.72. The number of fused-ring (bicyclic) bond motifs is 1. The first kappa shape index (κ1) is 15.3. The number of hydrogen-bond acceptors (Lipinski definition) is 4. The highest BCUT2D eigenvalue weighted by Gasteiger charge is 2.32. The summed E-state index contributed by atoms with van der Waals surface area (Å²) in [5.41, 5.74) is 2.46. The van der Waals surface area contributed by atoms with Crippen LogP contribution in [0.4, 0.5) is 0 Å². The van der Waals surface area contributed by atoms with Crippen molar-refractivity contribution in [3.05, 3.63) is 53.6 Å². The fourth-order valence-corrected chi connectivity index (χ4v) is 3.31. The second kappa shape index (κ2) is 6.73. The van der Waals surface area contributed by atoms with Crippen molar-refractivity contribution >= 4 is 0 Å². The lowest BCUT2D eigenvalue weighted by Gasteiger charge is -2.23. The van der Waals surface area contributed by atoms with Gasteiger partial charge in [-0.25, -0.2) is 0 Å². The molecule has 1 aliphatic heterocycles. The van der Waals surface area contributed by atoms with Gasteiger partial charge in [-0.3, -0.25) is 0 Å². The van der Waals surface area contributed by atoms with E-state index in [0.717, 1.165) is 23.8 Å². The maximum atomic E-state index is 5.74. The molecule has 1 atom stereocenters. The van der Waals surface area contributed by atoms with Crippen molar-refractivity contribution in [2.45, 2.75) is 25.4 Å². The molecule has 0 aromatic heterocycles. The van der Waals surface area contributed by atoms with Gasteiger partial charge in [0.05, 0.1) is 7.11 Å². The van der Waals surface area contributed by atoms with Crippen LogP contribution in [0.25, 0.3) is 0 Å². The SMILES string of the molecule is COc1ccccc1CNC(c1ccc2c(c1)OCCO2)C1CC1. The molecule has 1 unspecified atom stereocenters. The normalized spacial score (nSPS) is 17.4. The van der Waals surface area contributed by atoms with E-state index in [0.29, 0.717) is 25.2 Å². The highest BCUT2D eigenvalue weighted by Crippen LogP contribution is 2.43. The van der Waals surface area contributed by atoms with Crippen LogP contribution in [0.2, 0.25) is 0 Å². The Kier molecular flexibility index (Phi) is 4.30. The Labute approximate surface area is 142 Å². The Morgan fingerprint density at radius 1 is 1.08 bits per heavy atom. The van der Waals surface area contributed by atoms with Crippen molar-refractivity contribution in [1.82, 2.24) is 5.32 Å². The molecule has 1 fully saturated rings. The van der Waals surface area contributed by atoms with Gasteiger partial charge < -0.3 is 19.5 Å². The topological polar surface area (TPSA) is 39.7 Å². The third kappa shape index (κ3) is 3.20. The summed E-state index contributed by atoms with van der Waals surface area (Å²) in [4.78, 5) is 0. The third-order valence-electron chi connectivity index (χ3n) is 4.72. The second-order valence-electron chi connectivity index (χ2n) is 6.41. The molecule has 0 amide bonds. The largest absolute Gasteiger partial charge is 0.496 e. The zero-order valence-electron chi connectivity index (χ0n) is 14.0. The predicted octanol–water partition coefficient (Wildman–Crippen LogP) is 3.71. The Balaban J connectivity index is 1.52. The smallest absolute Gasteiger partial charge is 0.161 e. The quantitative estimate of drug-likeness (QED) is 0.879. The molecule has 2 aromatic carbocycles. The molecule has 0 saturated heterocycles. The highest BCUT2D eigenvalue weighted by molar-refractivity contribution is 5.45. The number of nitrogens with one attached hydrogen (secondary N) is 1. The Bertz CT molecular complexity index is 712. The lowest BCUT2D eigenvalue weighted by atomic mass is 10.0. The fourth-order valence-electron chi connectivity index (χ4n) is 3.31. The first-order chi connectivity index (χ1) is 11.8. The lowest BCUT2D eigenvalue weighted by molar-refractivity contribution is 0.171. The molecule has 0 spiro atoms. The highest BCUT2D eigenvalue weighted by atomic mass is 16.6. The van der Waals surface area contributed by atoms with Crippen molar-refractivity contribution in [3.8, 4) is 17.2 Å². The van der Waals surface area contributed by atoms with E-state index >= 15 is 0 Å². The minimum atomic E-state index is 0.339. The van der Waals surface area contributed by atoms with Crippen LogP contribution in [-0.2, 0) is 6.54 Å². The van der Waals surface area contributed by atoms with Crippen LogP contribution in [-0.4, -0.2) is 20.3 Å². The van der Waals surface area contributed by atoms with Crippen LogP contribution >= 0.6 is 0 Å². The third-order valence-corrected chi connectivity index (χ3v) is 4.72. The molecule has 4 nitrogen and oxygen atoms in total. The minimum Gasteiger partial charge on any atom is -0.496 e. The van der Waals surface area contributed by atoms with Gasteiger partial charge in [-0.2, -0.15) is 0 Å². The molecule has 0 bridgehead atoms. The minimum absolute atomic E-state index is 0.339. The van der Waals surface area contributed by atoms with Crippen molar-refractivity contribution < 1.29 is 14.2 Å². The Hall–Kier alpha value is -2.20. The molecule has 24 heavy (non-hydrogen) atoms. The monoisotopic (exact) mass is 325 g/mol. The van der Waals surface area contributed by atoms with E-state index in [2.05, 4.69) is 29.6 Å². The summed E-state index contributed by atoms with van der Waals surface area (Å²) >= 11 is 0. The van der Waals surface area contributed by atoms with E-state index in [1.54, 1.807) is 7.11 Å². The van der Waals surface area contributed by atoms with Crippen molar-refractivity contribution in [1.29, 1.82) is 0 Å². The molecular formula is C20H23NO3. The van der Waals surface area contributed by atoms with Crippen molar-refractivity contribution in [3.63, 3.8) is 0 Å². The van der Waals surface area contributed by atoms with Crippen LogP contribution in [0.3, 0.4) is 0 Å². The van der Waals surface area contributed by atoms with E-state index in [4.69, 9.17) is 14.2 Å². The van der Waals surface area contributed by atoms with Crippen LogP contribution in [0.5, 0.6) is 17.2 Å². The molecule has 0 radical (unpaired) electrons. The summed E-state index contributed by atoms with van der Waals surface area (Å²) in [5.74, 6) is 3.34. The summed E-state index contributed by atoms with van der Waals surface area (Å²) in [6, 6.07) is 14.8. The maximum absolute atomic E-state index is 5.74. The van der Waals surface area contributed by atoms with Crippen molar-refractivity contribution in [2.24, 2.45) is 5.92 Å². The van der Waals surface area contributed by atoms with Crippen LogP contribution < -0.4 is 19.5 Å². The number of benzene rings is 2. The zero-order chi connectivity index (χ0) is 16.4. The molecule has 126 valence electrons. The molecule has 1 aliphatic carbocycles. The van der Waals surface area contributed by atoms with Gasteiger partial charge in [-0.05, 0) is 42.5 Å². The summed E-state index contributed by atoms with van der Waals surface area (Å²) in [7, 11) is 1.72. The van der Waals surface area contributed by atoms with Gasteiger partial charge in [-0.15, -0.1) is 0 Å². The number of hydrogen-bond donors (Lipinski definition) is 1. The first-order valence-corrected chi connectivity index (χ1v) is 8.60. The van der Waals surface area contributed by atoms with E-state index < -0.39 is 0 Å². The van der Waals surface area contributed by atoms with Gasteiger partial charge in [0.25, 0.3) is 0 Å². The molecule has 1 heterocycles. The number of ether oxygens (including phenoxy) is 3. The number of para-hydroxylation sites is 1. The maximum Gasteiger partial charge on any atom is 0.161 e. The summed E-state index contributed by atoms with van der Waals surface area (Å²) in [6.07, 6.45) is 2.55. The first-order valence-electron chi connectivity index (χ1n) is 8.60. The number of rotatable bonds is 6. The second-order valence-corrected chi connectivity index (χ2v) is 6.41. The summed E-state index contributed by atoms with van der Waals surface area (Å²) in [6.45, 7) is 2.04. The van der Waals surface area contributed by atoms with E-state index in [1.165, 1.54) is 24.0 Å². The fraction of sp³-hybridized carbons (Fsp3) is 0.400.